The maximum Gasteiger partial charge on any atom is 0.321 e. The molecule has 1 heterocycles. The number of benzene rings is 2. The maximum absolute atomic E-state index is 12.9. The molecule has 7 nitrogen and oxygen atoms in total. The van der Waals surface area contributed by atoms with Gasteiger partial charge in [-0.15, -0.1) is 11.8 Å². The Morgan fingerprint density at radius 1 is 1.03 bits per heavy atom. The van der Waals surface area contributed by atoms with E-state index in [2.05, 4.69) is 16.0 Å². The number of hydrogen-bond acceptors (Lipinski definition) is 4. The van der Waals surface area contributed by atoms with Crippen LogP contribution in [0.25, 0.3) is 0 Å². The molecule has 174 valence electrons. The van der Waals surface area contributed by atoms with Crippen molar-refractivity contribution in [2.45, 2.75) is 37.0 Å². The first kappa shape index (κ1) is 23.2. The molecule has 33 heavy (non-hydrogen) atoms. The van der Waals surface area contributed by atoms with Crippen LogP contribution in [0.15, 0.2) is 53.4 Å². The van der Waals surface area contributed by atoms with Crippen molar-refractivity contribution in [1.29, 1.82) is 0 Å². The second-order valence-electron chi connectivity index (χ2n) is 8.48. The lowest BCUT2D eigenvalue weighted by molar-refractivity contribution is -0.118. The highest BCUT2D eigenvalue weighted by Gasteiger charge is 2.21. The van der Waals surface area contributed by atoms with E-state index in [9.17, 15) is 14.4 Å². The van der Waals surface area contributed by atoms with Crippen LogP contribution in [0.1, 0.15) is 42.5 Å². The van der Waals surface area contributed by atoms with E-state index in [1.54, 1.807) is 23.1 Å². The van der Waals surface area contributed by atoms with Crippen LogP contribution in [-0.2, 0) is 4.79 Å². The van der Waals surface area contributed by atoms with Crippen molar-refractivity contribution in [2.75, 3.05) is 35.6 Å². The zero-order valence-electron chi connectivity index (χ0n) is 18.6. The van der Waals surface area contributed by atoms with Crippen LogP contribution >= 0.6 is 11.8 Å². The van der Waals surface area contributed by atoms with Crippen LogP contribution in [0.2, 0.25) is 0 Å². The quantitative estimate of drug-likeness (QED) is 0.507. The number of carbonyl (C=O) groups is 3. The molecule has 1 aliphatic heterocycles. The molecule has 0 bridgehead atoms. The van der Waals surface area contributed by atoms with E-state index in [4.69, 9.17) is 0 Å². The smallest absolute Gasteiger partial charge is 0.321 e. The summed E-state index contributed by atoms with van der Waals surface area (Å²) in [5.74, 6) is 0.649. The topological polar surface area (TPSA) is 90.5 Å². The molecule has 2 fully saturated rings. The molecule has 3 N–H and O–H groups in total. The third-order valence-corrected chi connectivity index (χ3v) is 7.17. The van der Waals surface area contributed by atoms with Crippen molar-refractivity contribution in [1.82, 2.24) is 10.6 Å². The summed E-state index contributed by atoms with van der Waals surface area (Å²) in [4.78, 5) is 39.5. The first-order valence-electron chi connectivity index (χ1n) is 11.6. The van der Waals surface area contributed by atoms with Crippen molar-refractivity contribution >= 4 is 41.0 Å². The lowest BCUT2D eigenvalue weighted by atomic mass is 9.89. The van der Waals surface area contributed by atoms with E-state index >= 15 is 0 Å². The van der Waals surface area contributed by atoms with Crippen LogP contribution in [0.5, 0.6) is 0 Å². The van der Waals surface area contributed by atoms with Gasteiger partial charge >= 0.3 is 6.03 Å². The average Bonchev–Trinajstić information content (AvgIpc) is 3.28. The van der Waals surface area contributed by atoms with Crippen LogP contribution in [-0.4, -0.2) is 43.2 Å². The molecule has 2 aromatic rings. The lowest BCUT2D eigenvalue weighted by Crippen LogP contribution is -2.31. The monoisotopic (exact) mass is 466 g/mol. The van der Waals surface area contributed by atoms with Gasteiger partial charge in [-0.25, -0.2) is 4.79 Å². The Labute approximate surface area is 198 Å². The summed E-state index contributed by atoms with van der Waals surface area (Å²) in [5, 5.41) is 8.73. The molecule has 0 atom stereocenters. The van der Waals surface area contributed by atoms with Gasteiger partial charge < -0.3 is 16.0 Å². The van der Waals surface area contributed by atoms with Gasteiger partial charge in [0, 0.05) is 35.9 Å². The number of amides is 4. The van der Waals surface area contributed by atoms with E-state index in [0.717, 1.165) is 17.1 Å². The SMILES string of the molecule is O=C(CSc1ccccc1C(=O)Nc1ccc(N2CCNC2=O)cc1)NCC1CCCCC1. The minimum atomic E-state index is -0.229. The predicted octanol–water partition coefficient (Wildman–Crippen LogP) is 4.26. The fraction of sp³-hybridized carbons (Fsp3) is 0.400. The van der Waals surface area contributed by atoms with Crippen LogP contribution < -0.4 is 20.9 Å². The second kappa shape index (κ2) is 11.2. The van der Waals surface area contributed by atoms with Gasteiger partial charge in [-0.2, -0.15) is 0 Å². The van der Waals surface area contributed by atoms with Crippen molar-refractivity contribution < 1.29 is 14.4 Å². The summed E-state index contributed by atoms with van der Waals surface area (Å²) in [6.45, 7) is 2.00. The molecule has 4 amide bonds. The van der Waals surface area contributed by atoms with Gasteiger partial charge in [0.1, 0.15) is 0 Å². The summed E-state index contributed by atoms with van der Waals surface area (Å²) >= 11 is 1.38. The van der Waals surface area contributed by atoms with Gasteiger partial charge in [-0.1, -0.05) is 31.4 Å². The van der Waals surface area contributed by atoms with E-state index in [0.29, 0.717) is 30.3 Å². The van der Waals surface area contributed by atoms with Crippen molar-refractivity contribution in [3.63, 3.8) is 0 Å². The Balaban J connectivity index is 1.31. The number of anilines is 2. The second-order valence-corrected chi connectivity index (χ2v) is 9.49. The number of nitrogens with zero attached hydrogens (tertiary/aromatic N) is 1. The third-order valence-electron chi connectivity index (χ3n) is 6.10. The van der Waals surface area contributed by atoms with Crippen molar-refractivity contribution in [3.8, 4) is 0 Å². The summed E-state index contributed by atoms with van der Waals surface area (Å²) in [6.07, 6.45) is 6.21. The molecular formula is C25H30N4O3S. The molecule has 0 aromatic heterocycles. The molecule has 2 aromatic carbocycles. The molecular weight excluding hydrogens is 436 g/mol. The molecule has 8 heteroatoms. The Bertz CT molecular complexity index is 989. The predicted molar refractivity (Wildman–Crippen MR) is 132 cm³/mol. The fourth-order valence-electron chi connectivity index (χ4n) is 4.26. The zero-order valence-corrected chi connectivity index (χ0v) is 19.5. The summed E-state index contributed by atoms with van der Waals surface area (Å²) < 4.78 is 0. The van der Waals surface area contributed by atoms with Gasteiger partial charge in [0.25, 0.3) is 5.91 Å². The van der Waals surface area contributed by atoms with Gasteiger partial charge in [0.15, 0.2) is 0 Å². The first-order valence-corrected chi connectivity index (χ1v) is 12.5. The van der Waals surface area contributed by atoms with E-state index in [1.165, 1.54) is 43.9 Å². The highest BCUT2D eigenvalue weighted by molar-refractivity contribution is 8.00. The molecule has 2 aliphatic rings. The highest BCUT2D eigenvalue weighted by atomic mass is 32.2. The van der Waals surface area contributed by atoms with Crippen LogP contribution in [0, 0.1) is 5.92 Å². The first-order chi connectivity index (χ1) is 16.1. The molecule has 0 unspecified atom stereocenters. The summed E-state index contributed by atoms with van der Waals surface area (Å²) in [7, 11) is 0. The molecule has 4 rings (SSSR count). The summed E-state index contributed by atoms with van der Waals surface area (Å²) in [6, 6.07) is 14.4. The number of hydrogen-bond donors (Lipinski definition) is 3. The van der Waals surface area contributed by atoms with E-state index in [1.807, 2.05) is 30.3 Å². The van der Waals surface area contributed by atoms with Crippen molar-refractivity contribution in [2.24, 2.45) is 5.92 Å². The standard InChI is InChI=1S/C25H30N4O3S/c30-23(27-16-18-6-2-1-3-7-18)17-33-22-9-5-4-8-21(22)24(31)28-19-10-12-20(13-11-19)29-15-14-26-25(29)32/h4-5,8-13,18H,1-3,6-7,14-17H2,(H,26,32)(H,27,30)(H,28,31). The third kappa shape index (κ3) is 6.28. The normalized spacial score (nSPS) is 16.4. The van der Waals surface area contributed by atoms with Gasteiger partial charge in [-0.3, -0.25) is 14.5 Å². The molecule has 1 saturated heterocycles. The minimum Gasteiger partial charge on any atom is -0.355 e. The van der Waals surface area contributed by atoms with Gasteiger partial charge in [-0.05, 0) is 55.2 Å². The number of carbonyl (C=O) groups excluding carboxylic acids is 3. The lowest BCUT2D eigenvalue weighted by Gasteiger charge is -2.21. The minimum absolute atomic E-state index is 0.00215. The zero-order chi connectivity index (χ0) is 23.0. The van der Waals surface area contributed by atoms with Crippen molar-refractivity contribution in [3.05, 3.63) is 54.1 Å². The number of thioether (sulfide) groups is 1. The van der Waals surface area contributed by atoms with E-state index in [-0.39, 0.29) is 23.6 Å². The van der Waals surface area contributed by atoms with Gasteiger partial charge in [0.05, 0.1) is 11.3 Å². The van der Waals surface area contributed by atoms with Gasteiger partial charge in [0.2, 0.25) is 5.91 Å². The Morgan fingerprint density at radius 2 is 1.79 bits per heavy atom. The molecule has 1 saturated carbocycles. The maximum atomic E-state index is 12.9. The molecule has 0 radical (unpaired) electrons. The number of rotatable bonds is 8. The molecule has 0 spiro atoms. The summed E-state index contributed by atoms with van der Waals surface area (Å²) in [5.41, 5.74) is 1.97. The van der Waals surface area contributed by atoms with Crippen LogP contribution in [0.4, 0.5) is 16.2 Å². The Morgan fingerprint density at radius 3 is 2.52 bits per heavy atom. The largest absolute Gasteiger partial charge is 0.355 e. The van der Waals surface area contributed by atoms with Crippen LogP contribution in [0.3, 0.4) is 0 Å². The molecule has 1 aliphatic carbocycles. The Kier molecular flexibility index (Phi) is 7.88. The Hall–Kier alpha value is -3.00. The van der Waals surface area contributed by atoms with E-state index < -0.39 is 0 Å². The number of nitrogens with one attached hydrogen (secondary N) is 3. The average molecular weight is 467 g/mol. The fourth-order valence-corrected chi connectivity index (χ4v) is 5.14. The number of urea groups is 1. The highest BCUT2D eigenvalue weighted by Crippen LogP contribution is 2.25.